The van der Waals surface area contributed by atoms with Gasteiger partial charge < -0.3 is 15.1 Å². The third-order valence-electron chi connectivity index (χ3n) is 4.88. The number of aryl methyl sites for hydroxylation is 1. The third kappa shape index (κ3) is 4.11. The van der Waals surface area contributed by atoms with Gasteiger partial charge in [-0.25, -0.2) is 4.98 Å². The van der Waals surface area contributed by atoms with Crippen molar-refractivity contribution in [3.05, 3.63) is 78.2 Å². The summed E-state index contributed by atoms with van der Waals surface area (Å²) in [6.45, 7) is 5.50. The molecule has 1 fully saturated rings. The monoisotopic (exact) mass is 373 g/mol. The molecule has 1 aliphatic heterocycles. The third-order valence-corrected chi connectivity index (χ3v) is 4.88. The van der Waals surface area contributed by atoms with Gasteiger partial charge >= 0.3 is 0 Å². The fourth-order valence-corrected chi connectivity index (χ4v) is 3.39. The highest BCUT2D eigenvalue weighted by molar-refractivity contribution is 6.04. The minimum absolute atomic E-state index is 0.146. The van der Waals surface area contributed by atoms with Crippen LogP contribution in [-0.2, 0) is 0 Å². The SMILES string of the molecule is Cc1cccc(NC(=O)c2cncc(N3CCN(c4ccccn4)CC3)c2)c1. The van der Waals surface area contributed by atoms with E-state index in [0.29, 0.717) is 5.56 Å². The van der Waals surface area contributed by atoms with Gasteiger partial charge in [-0.1, -0.05) is 18.2 Å². The van der Waals surface area contributed by atoms with Crippen molar-refractivity contribution >= 4 is 23.1 Å². The number of rotatable bonds is 4. The molecule has 1 saturated heterocycles. The number of piperazine rings is 1. The Balaban J connectivity index is 1.42. The van der Waals surface area contributed by atoms with E-state index in [2.05, 4.69) is 25.1 Å². The molecular weight excluding hydrogens is 350 g/mol. The number of nitrogens with zero attached hydrogens (tertiary/aromatic N) is 4. The lowest BCUT2D eigenvalue weighted by molar-refractivity contribution is 0.102. The second-order valence-corrected chi connectivity index (χ2v) is 6.92. The first kappa shape index (κ1) is 18.0. The summed E-state index contributed by atoms with van der Waals surface area (Å²) < 4.78 is 0. The van der Waals surface area contributed by atoms with Crippen molar-refractivity contribution in [3.63, 3.8) is 0 Å². The van der Waals surface area contributed by atoms with E-state index < -0.39 is 0 Å². The van der Waals surface area contributed by atoms with E-state index in [1.54, 1.807) is 6.20 Å². The van der Waals surface area contributed by atoms with Crippen LogP contribution in [0.15, 0.2) is 67.1 Å². The summed E-state index contributed by atoms with van der Waals surface area (Å²) in [7, 11) is 0. The molecule has 6 nitrogen and oxygen atoms in total. The Morgan fingerprint density at radius 3 is 2.54 bits per heavy atom. The van der Waals surface area contributed by atoms with E-state index in [1.807, 2.05) is 67.8 Å². The van der Waals surface area contributed by atoms with Crippen molar-refractivity contribution < 1.29 is 4.79 Å². The van der Waals surface area contributed by atoms with Crippen molar-refractivity contribution in [3.8, 4) is 0 Å². The highest BCUT2D eigenvalue weighted by Crippen LogP contribution is 2.20. The number of pyridine rings is 2. The van der Waals surface area contributed by atoms with Gasteiger partial charge in [0.25, 0.3) is 5.91 Å². The number of nitrogens with one attached hydrogen (secondary N) is 1. The first-order valence-corrected chi connectivity index (χ1v) is 9.43. The van der Waals surface area contributed by atoms with Gasteiger partial charge in [0.1, 0.15) is 5.82 Å². The van der Waals surface area contributed by atoms with Crippen molar-refractivity contribution in [1.82, 2.24) is 9.97 Å². The van der Waals surface area contributed by atoms with E-state index in [4.69, 9.17) is 0 Å². The fourth-order valence-electron chi connectivity index (χ4n) is 3.39. The van der Waals surface area contributed by atoms with Gasteiger partial charge in [0.15, 0.2) is 0 Å². The Labute approximate surface area is 164 Å². The normalized spacial score (nSPS) is 14.0. The largest absolute Gasteiger partial charge is 0.367 e. The maximum absolute atomic E-state index is 12.6. The first-order chi connectivity index (χ1) is 13.7. The van der Waals surface area contributed by atoms with Gasteiger partial charge in [-0.2, -0.15) is 0 Å². The van der Waals surface area contributed by atoms with Crippen LogP contribution < -0.4 is 15.1 Å². The summed E-state index contributed by atoms with van der Waals surface area (Å²) >= 11 is 0. The minimum atomic E-state index is -0.146. The molecule has 2 aromatic heterocycles. The Hall–Kier alpha value is -3.41. The molecular formula is C22H23N5O. The molecule has 142 valence electrons. The summed E-state index contributed by atoms with van der Waals surface area (Å²) in [4.78, 5) is 25.9. The molecule has 3 heterocycles. The summed E-state index contributed by atoms with van der Waals surface area (Å²) in [5.41, 5.74) is 3.43. The molecule has 0 bridgehead atoms. The number of aromatic nitrogens is 2. The van der Waals surface area contributed by atoms with Crippen LogP contribution >= 0.6 is 0 Å². The zero-order valence-electron chi connectivity index (χ0n) is 15.9. The van der Waals surface area contributed by atoms with E-state index in [0.717, 1.165) is 48.9 Å². The van der Waals surface area contributed by atoms with Crippen molar-refractivity contribution in [2.45, 2.75) is 6.92 Å². The molecule has 0 spiro atoms. The highest BCUT2D eigenvalue weighted by Gasteiger charge is 2.19. The van der Waals surface area contributed by atoms with Crippen molar-refractivity contribution in [2.75, 3.05) is 41.3 Å². The molecule has 0 aliphatic carbocycles. The predicted octanol–water partition coefficient (Wildman–Crippen LogP) is 3.36. The average molecular weight is 373 g/mol. The summed E-state index contributed by atoms with van der Waals surface area (Å²) in [6.07, 6.45) is 5.25. The molecule has 0 atom stereocenters. The van der Waals surface area contributed by atoms with Gasteiger partial charge in [-0.3, -0.25) is 9.78 Å². The van der Waals surface area contributed by atoms with Gasteiger partial charge in [0.05, 0.1) is 17.4 Å². The smallest absolute Gasteiger partial charge is 0.257 e. The second kappa shape index (κ2) is 8.08. The number of carbonyl (C=O) groups is 1. The van der Waals surface area contributed by atoms with Crippen LogP contribution in [0.5, 0.6) is 0 Å². The Bertz CT molecular complexity index is 952. The molecule has 0 unspecified atom stereocenters. The lowest BCUT2D eigenvalue weighted by Gasteiger charge is -2.36. The van der Waals surface area contributed by atoms with E-state index >= 15 is 0 Å². The number of amides is 1. The Morgan fingerprint density at radius 2 is 1.79 bits per heavy atom. The fraction of sp³-hybridized carbons (Fsp3) is 0.227. The van der Waals surface area contributed by atoms with E-state index in [-0.39, 0.29) is 5.91 Å². The zero-order chi connectivity index (χ0) is 19.3. The molecule has 1 N–H and O–H groups in total. The lowest BCUT2D eigenvalue weighted by Crippen LogP contribution is -2.46. The molecule has 0 saturated carbocycles. The van der Waals surface area contributed by atoms with E-state index in [1.165, 1.54) is 0 Å². The van der Waals surface area contributed by atoms with Crippen LogP contribution in [0.1, 0.15) is 15.9 Å². The van der Waals surface area contributed by atoms with E-state index in [9.17, 15) is 4.79 Å². The molecule has 0 radical (unpaired) electrons. The van der Waals surface area contributed by atoms with Crippen molar-refractivity contribution in [1.29, 1.82) is 0 Å². The summed E-state index contributed by atoms with van der Waals surface area (Å²) in [5.74, 6) is 0.860. The summed E-state index contributed by atoms with van der Waals surface area (Å²) in [5, 5.41) is 2.94. The maximum Gasteiger partial charge on any atom is 0.257 e. The molecule has 4 rings (SSSR count). The van der Waals surface area contributed by atoms with Gasteiger partial charge in [-0.15, -0.1) is 0 Å². The van der Waals surface area contributed by atoms with Gasteiger partial charge in [0.2, 0.25) is 0 Å². The number of hydrogen-bond donors (Lipinski definition) is 1. The first-order valence-electron chi connectivity index (χ1n) is 9.43. The number of hydrogen-bond acceptors (Lipinski definition) is 5. The molecule has 1 aromatic carbocycles. The predicted molar refractivity (Wildman–Crippen MR) is 112 cm³/mol. The van der Waals surface area contributed by atoms with Crippen LogP contribution in [0.25, 0.3) is 0 Å². The molecule has 6 heteroatoms. The van der Waals surface area contributed by atoms with Crippen LogP contribution in [0, 0.1) is 6.92 Å². The molecule has 1 amide bonds. The number of carbonyl (C=O) groups excluding carboxylic acids is 1. The van der Waals surface area contributed by atoms with Crippen LogP contribution in [0.2, 0.25) is 0 Å². The molecule has 3 aromatic rings. The number of anilines is 3. The van der Waals surface area contributed by atoms with Gasteiger partial charge in [0, 0.05) is 44.3 Å². The maximum atomic E-state index is 12.6. The second-order valence-electron chi connectivity index (χ2n) is 6.92. The lowest BCUT2D eigenvalue weighted by atomic mass is 10.2. The van der Waals surface area contributed by atoms with Gasteiger partial charge in [-0.05, 0) is 42.8 Å². The number of benzene rings is 1. The minimum Gasteiger partial charge on any atom is -0.367 e. The van der Waals surface area contributed by atoms with Crippen LogP contribution in [0.3, 0.4) is 0 Å². The highest BCUT2D eigenvalue weighted by atomic mass is 16.1. The summed E-state index contributed by atoms with van der Waals surface area (Å²) in [6, 6.07) is 15.7. The Morgan fingerprint density at radius 1 is 0.964 bits per heavy atom. The van der Waals surface area contributed by atoms with Crippen LogP contribution in [-0.4, -0.2) is 42.1 Å². The quantitative estimate of drug-likeness (QED) is 0.760. The van der Waals surface area contributed by atoms with Crippen molar-refractivity contribution in [2.24, 2.45) is 0 Å². The molecule has 1 aliphatic rings. The standard InChI is InChI=1S/C22H23N5O/c1-17-5-4-6-19(13-17)25-22(28)18-14-20(16-23-15-18)26-9-11-27(12-10-26)21-7-2-3-8-24-21/h2-8,13-16H,9-12H2,1H3,(H,25,28). The Kier molecular flexibility index (Phi) is 5.19. The topological polar surface area (TPSA) is 61.4 Å². The zero-order valence-corrected chi connectivity index (χ0v) is 15.9. The average Bonchev–Trinajstić information content (AvgIpc) is 2.75. The molecule has 28 heavy (non-hydrogen) atoms. The van der Waals surface area contributed by atoms with Crippen LogP contribution in [0.4, 0.5) is 17.2 Å².